The fourth-order valence-corrected chi connectivity index (χ4v) is 1.51. The third kappa shape index (κ3) is 2.96. The number of aliphatic carboxylic acids is 1. The van der Waals surface area contributed by atoms with E-state index < -0.39 is 30.4 Å². The summed E-state index contributed by atoms with van der Waals surface area (Å²) in [5.74, 6) is -9.24. The number of hydrogen-bond donors (Lipinski definition) is 1. The van der Waals surface area contributed by atoms with E-state index in [1.807, 2.05) is 0 Å². The van der Waals surface area contributed by atoms with Gasteiger partial charge in [-0.3, -0.25) is 4.79 Å². The average Bonchev–Trinajstić information content (AvgIpc) is 2.25. The molecule has 0 saturated heterocycles. The highest BCUT2D eigenvalue weighted by atomic mass is 19.4. The van der Waals surface area contributed by atoms with E-state index >= 15 is 0 Å². The van der Waals surface area contributed by atoms with Crippen molar-refractivity contribution >= 4 is 5.97 Å². The van der Waals surface area contributed by atoms with Gasteiger partial charge in [0, 0.05) is 0 Å². The second-order valence-corrected chi connectivity index (χ2v) is 3.68. The van der Waals surface area contributed by atoms with Crippen molar-refractivity contribution < 1.29 is 31.9 Å². The zero-order chi connectivity index (χ0) is 14.0. The summed E-state index contributed by atoms with van der Waals surface area (Å²) in [6, 6.07) is 6.08. The van der Waals surface area contributed by atoms with Crippen LogP contribution >= 0.6 is 0 Å². The first kappa shape index (κ1) is 14.4. The van der Waals surface area contributed by atoms with E-state index in [4.69, 9.17) is 5.11 Å². The zero-order valence-electron chi connectivity index (χ0n) is 8.92. The maximum atomic E-state index is 13.3. The molecule has 0 fully saturated rings. The highest BCUT2D eigenvalue weighted by Gasteiger charge is 2.62. The highest BCUT2D eigenvalue weighted by molar-refractivity contribution is 5.68. The van der Waals surface area contributed by atoms with Crippen LogP contribution in [0, 0.1) is 0 Å². The lowest BCUT2D eigenvalue weighted by molar-refractivity contribution is -0.291. The summed E-state index contributed by atoms with van der Waals surface area (Å²) in [5.41, 5.74) is -0.359. The maximum absolute atomic E-state index is 13.3. The molecule has 7 heteroatoms. The van der Waals surface area contributed by atoms with E-state index in [1.165, 1.54) is 18.2 Å². The molecule has 0 aromatic heterocycles. The Morgan fingerprint density at radius 3 is 2.00 bits per heavy atom. The predicted molar refractivity (Wildman–Crippen MR) is 52.4 cm³/mol. The van der Waals surface area contributed by atoms with Crippen LogP contribution in [0.25, 0.3) is 0 Å². The lowest BCUT2D eigenvalue weighted by Gasteiger charge is -2.27. The zero-order valence-corrected chi connectivity index (χ0v) is 8.92. The maximum Gasteiger partial charge on any atom is 0.453 e. The molecule has 0 heterocycles. The van der Waals surface area contributed by atoms with Crippen molar-refractivity contribution in [3.05, 3.63) is 35.9 Å². The lowest BCUT2D eigenvalue weighted by Crippen LogP contribution is -2.43. The van der Waals surface area contributed by atoms with Crippen LogP contribution in [-0.4, -0.2) is 23.2 Å². The second-order valence-electron chi connectivity index (χ2n) is 3.68. The molecule has 1 aromatic rings. The van der Waals surface area contributed by atoms with Gasteiger partial charge in [-0.15, -0.1) is 0 Å². The number of benzene rings is 1. The number of alkyl halides is 5. The number of carboxylic acids is 1. The van der Waals surface area contributed by atoms with Gasteiger partial charge in [0.2, 0.25) is 0 Å². The molecule has 1 atom stereocenters. The van der Waals surface area contributed by atoms with Crippen LogP contribution in [0.2, 0.25) is 0 Å². The Balaban J connectivity index is 3.18. The van der Waals surface area contributed by atoms with Crippen molar-refractivity contribution in [2.75, 3.05) is 0 Å². The van der Waals surface area contributed by atoms with Crippen LogP contribution in [0.3, 0.4) is 0 Å². The molecule has 0 aliphatic rings. The summed E-state index contributed by atoms with van der Waals surface area (Å²) < 4.78 is 63.3. The molecule has 1 rings (SSSR count). The van der Waals surface area contributed by atoms with Crippen LogP contribution in [0.4, 0.5) is 22.0 Å². The Morgan fingerprint density at radius 2 is 1.61 bits per heavy atom. The molecule has 0 amide bonds. The van der Waals surface area contributed by atoms with Gasteiger partial charge in [0.25, 0.3) is 0 Å². The van der Waals surface area contributed by atoms with Gasteiger partial charge in [-0.25, -0.2) is 0 Å². The monoisotopic (exact) mass is 268 g/mol. The predicted octanol–water partition coefficient (Wildman–Crippen LogP) is 3.44. The van der Waals surface area contributed by atoms with Crippen molar-refractivity contribution in [3.63, 3.8) is 0 Å². The number of carbonyl (C=O) groups is 1. The Kier molecular flexibility index (Phi) is 3.93. The van der Waals surface area contributed by atoms with Gasteiger partial charge in [0.05, 0.1) is 12.3 Å². The molecule has 2 nitrogen and oxygen atoms in total. The van der Waals surface area contributed by atoms with E-state index in [9.17, 15) is 26.7 Å². The molecule has 0 saturated carbocycles. The molecular weight excluding hydrogens is 259 g/mol. The van der Waals surface area contributed by atoms with E-state index in [2.05, 4.69) is 0 Å². The molecule has 0 spiro atoms. The summed E-state index contributed by atoms with van der Waals surface area (Å²) in [6.07, 6.45) is -7.08. The topological polar surface area (TPSA) is 37.3 Å². The van der Waals surface area contributed by atoms with E-state index in [1.54, 1.807) is 0 Å². The van der Waals surface area contributed by atoms with E-state index in [0.717, 1.165) is 12.1 Å². The highest BCUT2D eigenvalue weighted by Crippen LogP contribution is 2.47. The Hall–Kier alpha value is -1.66. The largest absolute Gasteiger partial charge is 0.481 e. The minimum Gasteiger partial charge on any atom is -0.481 e. The van der Waals surface area contributed by atoms with Crippen molar-refractivity contribution in [1.29, 1.82) is 0 Å². The van der Waals surface area contributed by atoms with Crippen LogP contribution in [0.1, 0.15) is 17.9 Å². The standard InChI is InChI=1S/C11H9F5O2/c12-10(13,11(14,15)16)8(6-9(17)18)7-4-2-1-3-5-7/h1-5,8H,6H2,(H,17,18). The van der Waals surface area contributed by atoms with Gasteiger partial charge in [0.1, 0.15) is 0 Å². The minimum atomic E-state index is -5.79. The van der Waals surface area contributed by atoms with Gasteiger partial charge >= 0.3 is 18.1 Å². The van der Waals surface area contributed by atoms with Crippen LogP contribution in [-0.2, 0) is 4.79 Å². The number of halogens is 5. The SMILES string of the molecule is O=C(O)CC(c1ccccc1)C(F)(F)C(F)(F)F. The molecule has 1 N–H and O–H groups in total. The van der Waals surface area contributed by atoms with Crippen LogP contribution in [0.5, 0.6) is 0 Å². The van der Waals surface area contributed by atoms with Gasteiger partial charge < -0.3 is 5.11 Å². The molecule has 0 bridgehead atoms. The molecule has 0 aliphatic heterocycles. The summed E-state index contributed by atoms with van der Waals surface area (Å²) in [4.78, 5) is 10.5. The molecule has 18 heavy (non-hydrogen) atoms. The Morgan fingerprint density at radius 1 is 1.11 bits per heavy atom. The molecule has 0 aliphatic carbocycles. The van der Waals surface area contributed by atoms with Gasteiger partial charge in [-0.1, -0.05) is 30.3 Å². The quantitative estimate of drug-likeness (QED) is 0.849. The molecule has 1 unspecified atom stereocenters. The third-order valence-electron chi connectivity index (χ3n) is 2.40. The van der Waals surface area contributed by atoms with Gasteiger partial charge in [-0.05, 0) is 5.56 Å². The molecular formula is C11H9F5O2. The van der Waals surface area contributed by atoms with Gasteiger partial charge in [-0.2, -0.15) is 22.0 Å². The smallest absolute Gasteiger partial charge is 0.453 e. The molecule has 0 radical (unpaired) electrons. The number of carboxylic acid groups (broad SMARTS) is 1. The van der Waals surface area contributed by atoms with Crippen molar-refractivity contribution in [2.45, 2.75) is 24.4 Å². The average molecular weight is 268 g/mol. The second kappa shape index (κ2) is 4.91. The van der Waals surface area contributed by atoms with E-state index in [0.29, 0.717) is 0 Å². The Labute approximate surface area is 99.0 Å². The first-order chi connectivity index (χ1) is 8.16. The summed E-state index contributed by atoms with van der Waals surface area (Å²) in [7, 11) is 0. The van der Waals surface area contributed by atoms with Gasteiger partial charge in [0.15, 0.2) is 0 Å². The lowest BCUT2D eigenvalue weighted by atomic mass is 9.89. The first-order valence-corrected chi connectivity index (χ1v) is 4.87. The summed E-state index contributed by atoms with van der Waals surface area (Å²) >= 11 is 0. The number of rotatable bonds is 4. The van der Waals surface area contributed by atoms with Crippen molar-refractivity contribution in [2.24, 2.45) is 0 Å². The van der Waals surface area contributed by atoms with Crippen LogP contribution < -0.4 is 0 Å². The Bertz CT molecular complexity index is 413. The number of hydrogen-bond acceptors (Lipinski definition) is 1. The summed E-state index contributed by atoms with van der Waals surface area (Å²) in [6.45, 7) is 0. The molecule has 1 aromatic carbocycles. The normalized spacial score (nSPS) is 14.3. The van der Waals surface area contributed by atoms with Crippen molar-refractivity contribution in [3.8, 4) is 0 Å². The fourth-order valence-electron chi connectivity index (χ4n) is 1.51. The molecule has 100 valence electrons. The van der Waals surface area contributed by atoms with Crippen LogP contribution in [0.15, 0.2) is 30.3 Å². The minimum absolute atomic E-state index is 0.359. The fraction of sp³-hybridized carbons (Fsp3) is 0.364. The summed E-state index contributed by atoms with van der Waals surface area (Å²) in [5, 5.41) is 8.47. The van der Waals surface area contributed by atoms with E-state index in [-0.39, 0.29) is 5.56 Å². The first-order valence-electron chi connectivity index (χ1n) is 4.87. The van der Waals surface area contributed by atoms with Crippen molar-refractivity contribution in [1.82, 2.24) is 0 Å². The third-order valence-corrected chi connectivity index (χ3v) is 2.40.